The third kappa shape index (κ3) is 4.35. The average Bonchev–Trinajstić information content (AvgIpc) is 2.80. The first-order valence-electron chi connectivity index (χ1n) is 7.28. The fourth-order valence-electron chi connectivity index (χ4n) is 2.44. The first-order chi connectivity index (χ1) is 8.62. The van der Waals surface area contributed by atoms with Crippen LogP contribution in [-0.4, -0.2) is 10.3 Å². The van der Waals surface area contributed by atoms with Crippen LogP contribution in [0.3, 0.4) is 0 Å². The van der Waals surface area contributed by atoms with E-state index in [0.29, 0.717) is 0 Å². The van der Waals surface area contributed by atoms with Gasteiger partial charge in [0.25, 0.3) is 0 Å². The van der Waals surface area contributed by atoms with Crippen molar-refractivity contribution >= 4 is 0 Å². The predicted molar refractivity (Wildman–Crippen MR) is 73.8 cm³/mol. The molecule has 0 saturated heterocycles. The lowest BCUT2D eigenvalue weighted by Gasteiger charge is -2.27. The van der Waals surface area contributed by atoms with Crippen LogP contribution in [0.15, 0.2) is 10.6 Å². The summed E-state index contributed by atoms with van der Waals surface area (Å²) in [4.78, 5) is 0. The molecule has 0 spiro atoms. The van der Waals surface area contributed by atoms with E-state index >= 15 is 0 Å². The van der Waals surface area contributed by atoms with E-state index in [9.17, 15) is 5.11 Å². The molecule has 1 heterocycles. The standard InChI is InChI=1S/C15H27NO2/c1-4-6-8-9-11-15(3,10-7-5-2)13-12-14(17)18-16-13/h12,17H,4-11H2,1-3H3. The summed E-state index contributed by atoms with van der Waals surface area (Å²) in [5.41, 5.74) is 0.957. The lowest BCUT2D eigenvalue weighted by atomic mass is 9.77. The monoisotopic (exact) mass is 253 g/mol. The van der Waals surface area contributed by atoms with Crippen molar-refractivity contribution in [3.05, 3.63) is 11.8 Å². The molecule has 0 radical (unpaired) electrons. The minimum absolute atomic E-state index is 0.0498. The van der Waals surface area contributed by atoms with Crippen LogP contribution in [-0.2, 0) is 5.41 Å². The molecular weight excluding hydrogens is 226 g/mol. The van der Waals surface area contributed by atoms with Gasteiger partial charge >= 0.3 is 5.95 Å². The Morgan fingerprint density at radius 2 is 1.78 bits per heavy atom. The van der Waals surface area contributed by atoms with E-state index in [1.54, 1.807) is 6.07 Å². The van der Waals surface area contributed by atoms with Crippen molar-refractivity contribution in [2.24, 2.45) is 0 Å². The van der Waals surface area contributed by atoms with Crippen LogP contribution in [0.25, 0.3) is 0 Å². The molecule has 1 rings (SSSR count). The second-order valence-electron chi connectivity index (χ2n) is 5.53. The molecule has 0 saturated carbocycles. The van der Waals surface area contributed by atoms with E-state index in [0.717, 1.165) is 18.5 Å². The summed E-state index contributed by atoms with van der Waals surface area (Å²) in [7, 11) is 0. The van der Waals surface area contributed by atoms with Crippen LogP contribution in [0.1, 0.15) is 77.8 Å². The van der Waals surface area contributed by atoms with Crippen LogP contribution in [0, 0.1) is 0 Å². The Morgan fingerprint density at radius 1 is 1.11 bits per heavy atom. The molecule has 1 unspecified atom stereocenters. The van der Waals surface area contributed by atoms with Crippen molar-refractivity contribution < 1.29 is 9.63 Å². The molecule has 1 aromatic heterocycles. The fourth-order valence-corrected chi connectivity index (χ4v) is 2.44. The van der Waals surface area contributed by atoms with E-state index in [-0.39, 0.29) is 11.4 Å². The highest BCUT2D eigenvalue weighted by molar-refractivity contribution is 5.18. The van der Waals surface area contributed by atoms with Crippen LogP contribution in [0.2, 0.25) is 0 Å². The summed E-state index contributed by atoms with van der Waals surface area (Å²) in [6.07, 6.45) is 9.68. The van der Waals surface area contributed by atoms with Gasteiger partial charge in [0.2, 0.25) is 0 Å². The van der Waals surface area contributed by atoms with Crippen molar-refractivity contribution in [2.45, 2.75) is 77.6 Å². The second kappa shape index (κ2) is 7.45. The zero-order valence-corrected chi connectivity index (χ0v) is 12.0. The van der Waals surface area contributed by atoms with Gasteiger partial charge in [-0.2, -0.15) is 0 Å². The van der Waals surface area contributed by atoms with Crippen molar-refractivity contribution in [3.8, 4) is 5.95 Å². The Labute approximate surface area is 111 Å². The molecular formula is C15H27NO2. The van der Waals surface area contributed by atoms with Crippen molar-refractivity contribution in [2.75, 3.05) is 0 Å². The molecule has 0 aliphatic heterocycles. The highest BCUT2D eigenvalue weighted by Gasteiger charge is 2.29. The molecule has 0 amide bonds. The normalized spacial score (nSPS) is 14.6. The van der Waals surface area contributed by atoms with Crippen molar-refractivity contribution in [3.63, 3.8) is 0 Å². The molecule has 104 valence electrons. The number of unbranched alkanes of at least 4 members (excludes halogenated alkanes) is 4. The Morgan fingerprint density at radius 3 is 2.33 bits per heavy atom. The van der Waals surface area contributed by atoms with Gasteiger partial charge in [0.1, 0.15) is 0 Å². The third-order valence-electron chi connectivity index (χ3n) is 3.78. The van der Waals surface area contributed by atoms with Gasteiger partial charge in [0, 0.05) is 11.5 Å². The topological polar surface area (TPSA) is 46.3 Å². The molecule has 0 aliphatic carbocycles. The number of nitrogens with zero attached hydrogens (tertiary/aromatic N) is 1. The average molecular weight is 253 g/mol. The molecule has 3 nitrogen and oxygen atoms in total. The molecule has 1 N–H and O–H groups in total. The molecule has 1 atom stereocenters. The van der Waals surface area contributed by atoms with Gasteiger partial charge in [0.15, 0.2) is 0 Å². The van der Waals surface area contributed by atoms with Crippen LogP contribution in [0.5, 0.6) is 5.95 Å². The molecule has 0 aliphatic rings. The zero-order valence-electron chi connectivity index (χ0n) is 12.0. The minimum atomic E-state index is -0.0683. The summed E-state index contributed by atoms with van der Waals surface area (Å²) in [5, 5.41) is 13.3. The van der Waals surface area contributed by atoms with E-state index in [1.165, 1.54) is 38.5 Å². The zero-order chi connectivity index (χ0) is 13.4. The van der Waals surface area contributed by atoms with Gasteiger partial charge in [-0.25, -0.2) is 0 Å². The number of aromatic hydroxyl groups is 1. The van der Waals surface area contributed by atoms with Crippen molar-refractivity contribution in [1.29, 1.82) is 0 Å². The molecule has 3 heteroatoms. The largest absolute Gasteiger partial charge is 0.479 e. The number of hydrogen-bond acceptors (Lipinski definition) is 3. The lowest BCUT2D eigenvalue weighted by Crippen LogP contribution is -2.22. The quantitative estimate of drug-likeness (QED) is 0.643. The molecule has 1 aromatic rings. The van der Waals surface area contributed by atoms with Crippen LogP contribution >= 0.6 is 0 Å². The number of aromatic nitrogens is 1. The Bertz CT molecular complexity index is 335. The Balaban J connectivity index is 2.62. The lowest BCUT2D eigenvalue weighted by molar-refractivity contribution is 0.266. The minimum Gasteiger partial charge on any atom is -0.479 e. The van der Waals surface area contributed by atoms with E-state index in [1.807, 2.05) is 0 Å². The highest BCUT2D eigenvalue weighted by Crippen LogP contribution is 2.35. The Kier molecular flexibility index (Phi) is 6.23. The maximum absolute atomic E-state index is 9.32. The van der Waals surface area contributed by atoms with Gasteiger partial charge in [0.05, 0.1) is 5.69 Å². The molecule has 0 aromatic carbocycles. The van der Waals surface area contributed by atoms with E-state index < -0.39 is 0 Å². The summed E-state index contributed by atoms with van der Waals surface area (Å²) >= 11 is 0. The summed E-state index contributed by atoms with van der Waals surface area (Å²) < 4.78 is 4.82. The third-order valence-corrected chi connectivity index (χ3v) is 3.78. The van der Waals surface area contributed by atoms with Gasteiger partial charge in [-0.15, -0.1) is 0 Å². The molecule has 18 heavy (non-hydrogen) atoms. The summed E-state index contributed by atoms with van der Waals surface area (Å²) in [6, 6.07) is 1.68. The predicted octanol–water partition coefficient (Wildman–Crippen LogP) is 4.80. The van der Waals surface area contributed by atoms with Gasteiger partial charge < -0.3 is 9.63 Å². The van der Waals surface area contributed by atoms with Gasteiger partial charge in [-0.3, -0.25) is 0 Å². The fraction of sp³-hybridized carbons (Fsp3) is 0.800. The number of hydrogen-bond donors (Lipinski definition) is 1. The van der Waals surface area contributed by atoms with E-state index in [2.05, 4.69) is 25.9 Å². The first kappa shape index (κ1) is 15.1. The van der Waals surface area contributed by atoms with Gasteiger partial charge in [-0.05, 0) is 12.8 Å². The smallest absolute Gasteiger partial charge is 0.308 e. The van der Waals surface area contributed by atoms with E-state index in [4.69, 9.17) is 4.52 Å². The molecule has 0 fully saturated rings. The highest BCUT2D eigenvalue weighted by atomic mass is 16.5. The summed E-state index contributed by atoms with van der Waals surface area (Å²) in [6.45, 7) is 6.68. The molecule has 0 bridgehead atoms. The van der Waals surface area contributed by atoms with Gasteiger partial charge in [-0.1, -0.05) is 64.5 Å². The number of rotatable bonds is 9. The van der Waals surface area contributed by atoms with Crippen molar-refractivity contribution in [1.82, 2.24) is 5.16 Å². The second-order valence-corrected chi connectivity index (χ2v) is 5.53. The SMILES string of the molecule is CCCCCCC(C)(CCCC)c1cc(O)on1. The first-order valence-corrected chi connectivity index (χ1v) is 7.28. The maximum Gasteiger partial charge on any atom is 0.308 e. The Hall–Kier alpha value is -0.990. The van der Waals surface area contributed by atoms with Crippen LogP contribution < -0.4 is 0 Å². The maximum atomic E-state index is 9.32. The summed E-state index contributed by atoms with van der Waals surface area (Å²) in [5.74, 6) is -0.0683. The van der Waals surface area contributed by atoms with Crippen LogP contribution in [0.4, 0.5) is 0 Å².